The molecule has 0 aromatic rings. The largest absolute Gasteiger partial charge is 0.299 e. The Morgan fingerprint density at radius 1 is 1.31 bits per heavy atom. The molecule has 4 atom stereocenters. The third kappa shape index (κ3) is 1.97. The van der Waals surface area contributed by atoms with Crippen molar-refractivity contribution < 1.29 is 4.79 Å². The predicted molar refractivity (Wildman–Crippen MR) is 67.1 cm³/mol. The first-order chi connectivity index (χ1) is 7.41. The van der Waals surface area contributed by atoms with Crippen molar-refractivity contribution in [2.75, 3.05) is 0 Å². The highest BCUT2D eigenvalue weighted by molar-refractivity contribution is 5.83. The molecule has 0 aromatic carbocycles. The molecule has 0 radical (unpaired) electrons. The maximum atomic E-state index is 12.1. The van der Waals surface area contributed by atoms with Crippen LogP contribution in [0.1, 0.15) is 47.0 Å². The van der Waals surface area contributed by atoms with Gasteiger partial charge in [0.25, 0.3) is 0 Å². The van der Waals surface area contributed by atoms with Crippen LogP contribution in [-0.2, 0) is 4.79 Å². The van der Waals surface area contributed by atoms with Gasteiger partial charge in [0.05, 0.1) is 0 Å². The minimum Gasteiger partial charge on any atom is -0.299 e. The smallest absolute Gasteiger partial charge is 0.136 e. The van der Waals surface area contributed by atoms with Gasteiger partial charge in [-0.25, -0.2) is 0 Å². The van der Waals surface area contributed by atoms with E-state index in [1.807, 2.05) is 0 Å². The lowest BCUT2D eigenvalue weighted by Crippen LogP contribution is -2.44. The second kappa shape index (κ2) is 4.01. The van der Waals surface area contributed by atoms with Gasteiger partial charge in [-0.05, 0) is 36.0 Å². The van der Waals surface area contributed by atoms with Crippen molar-refractivity contribution in [1.82, 2.24) is 0 Å². The fourth-order valence-corrected chi connectivity index (χ4v) is 3.81. The summed E-state index contributed by atoms with van der Waals surface area (Å²) in [6, 6.07) is 0. The van der Waals surface area contributed by atoms with E-state index in [4.69, 9.17) is 0 Å². The fraction of sp³-hybridized carbons (Fsp3) is 0.800. The summed E-state index contributed by atoms with van der Waals surface area (Å²) in [5.41, 5.74) is 0.342. The Balaban J connectivity index is 2.28. The summed E-state index contributed by atoms with van der Waals surface area (Å²) in [6.07, 6.45) is 7.56. The number of Topliss-reactive ketones (excluding diaryl/α,β-unsaturated/α-hetero) is 1. The first kappa shape index (κ1) is 11.9. The lowest BCUT2D eigenvalue weighted by Gasteiger charge is -2.46. The van der Waals surface area contributed by atoms with E-state index in [0.29, 0.717) is 34.9 Å². The number of rotatable bonds is 0. The van der Waals surface area contributed by atoms with Crippen molar-refractivity contribution >= 4 is 5.78 Å². The highest BCUT2D eigenvalue weighted by Gasteiger charge is 2.45. The molecule has 0 amide bonds. The maximum Gasteiger partial charge on any atom is 0.136 e. The average molecular weight is 220 g/mol. The normalized spacial score (nSPS) is 39.6. The van der Waals surface area contributed by atoms with Crippen LogP contribution in [0.2, 0.25) is 0 Å². The molecule has 0 N–H and O–H groups in total. The van der Waals surface area contributed by atoms with Gasteiger partial charge in [0.2, 0.25) is 0 Å². The van der Waals surface area contributed by atoms with Crippen molar-refractivity contribution in [3.05, 3.63) is 12.2 Å². The first-order valence-electron chi connectivity index (χ1n) is 6.60. The molecule has 0 saturated heterocycles. The molecule has 1 heteroatoms. The van der Waals surface area contributed by atoms with Crippen molar-refractivity contribution in [2.24, 2.45) is 29.1 Å². The summed E-state index contributed by atoms with van der Waals surface area (Å²) in [5, 5.41) is 0. The molecule has 16 heavy (non-hydrogen) atoms. The fourth-order valence-electron chi connectivity index (χ4n) is 3.81. The lowest BCUT2D eigenvalue weighted by molar-refractivity contribution is -0.132. The molecule has 2 aliphatic carbocycles. The summed E-state index contributed by atoms with van der Waals surface area (Å²) >= 11 is 0. The molecule has 0 heterocycles. The van der Waals surface area contributed by atoms with Gasteiger partial charge in [0, 0.05) is 12.3 Å². The average Bonchev–Trinajstić information content (AvgIpc) is 2.16. The van der Waals surface area contributed by atoms with E-state index in [1.165, 1.54) is 0 Å². The highest BCUT2D eigenvalue weighted by atomic mass is 16.1. The van der Waals surface area contributed by atoms with E-state index < -0.39 is 0 Å². The van der Waals surface area contributed by atoms with Crippen LogP contribution in [0.3, 0.4) is 0 Å². The third-order valence-electron chi connectivity index (χ3n) is 4.58. The molecule has 2 rings (SSSR count). The Bertz CT molecular complexity index is 308. The third-order valence-corrected chi connectivity index (χ3v) is 4.58. The van der Waals surface area contributed by atoms with Crippen LogP contribution in [0.4, 0.5) is 0 Å². The topological polar surface area (TPSA) is 17.1 Å². The lowest BCUT2D eigenvalue weighted by atomic mass is 9.57. The van der Waals surface area contributed by atoms with Crippen LogP contribution in [-0.4, -0.2) is 5.78 Å². The number of fused-ring (bicyclic) bond motifs is 1. The first-order valence-corrected chi connectivity index (χ1v) is 6.60. The zero-order valence-corrected chi connectivity index (χ0v) is 11.0. The molecule has 0 aliphatic heterocycles. The molecule has 0 aromatic heterocycles. The number of carbonyl (C=O) groups excluding carboxylic acids is 1. The molecule has 0 unspecified atom stereocenters. The van der Waals surface area contributed by atoms with Gasteiger partial charge < -0.3 is 0 Å². The van der Waals surface area contributed by atoms with E-state index >= 15 is 0 Å². The number of carbonyl (C=O) groups is 1. The predicted octanol–water partition coefficient (Wildman–Crippen LogP) is 3.84. The van der Waals surface area contributed by atoms with Gasteiger partial charge in [-0.15, -0.1) is 0 Å². The Morgan fingerprint density at radius 2 is 2.00 bits per heavy atom. The molecule has 0 bridgehead atoms. The van der Waals surface area contributed by atoms with Crippen LogP contribution in [0.15, 0.2) is 12.2 Å². The number of ketones is 1. The van der Waals surface area contributed by atoms with Crippen LogP contribution in [0, 0.1) is 29.1 Å². The van der Waals surface area contributed by atoms with Crippen molar-refractivity contribution in [3.63, 3.8) is 0 Å². The van der Waals surface area contributed by atoms with Gasteiger partial charge in [-0.2, -0.15) is 0 Å². The van der Waals surface area contributed by atoms with E-state index in [-0.39, 0.29) is 0 Å². The second-order valence-electron chi connectivity index (χ2n) is 6.69. The summed E-state index contributed by atoms with van der Waals surface area (Å²) < 4.78 is 0. The van der Waals surface area contributed by atoms with E-state index in [1.54, 1.807) is 0 Å². The van der Waals surface area contributed by atoms with Gasteiger partial charge >= 0.3 is 0 Å². The Kier molecular flexibility index (Phi) is 2.98. The number of allylic oxidation sites excluding steroid dienone is 2. The van der Waals surface area contributed by atoms with Crippen LogP contribution >= 0.6 is 0 Å². The van der Waals surface area contributed by atoms with Gasteiger partial charge in [0.1, 0.15) is 5.78 Å². The molecule has 1 fully saturated rings. The second-order valence-corrected chi connectivity index (χ2v) is 6.69. The SMILES string of the molecule is C[C@@H]1C=CC[C@H]2[C@H]1C(=O)CC[C@@H]2C(C)(C)C. The van der Waals surface area contributed by atoms with Gasteiger partial charge in [-0.1, -0.05) is 39.8 Å². The van der Waals surface area contributed by atoms with Gasteiger partial charge in [-0.3, -0.25) is 4.79 Å². The minimum atomic E-state index is 0.308. The molecule has 1 saturated carbocycles. The maximum absolute atomic E-state index is 12.1. The van der Waals surface area contributed by atoms with E-state index in [2.05, 4.69) is 39.8 Å². The molecule has 90 valence electrons. The van der Waals surface area contributed by atoms with Crippen LogP contribution in [0.5, 0.6) is 0 Å². The monoisotopic (exact) mass is 220 g/mol. The summed E-state index contributed by atoms with van der Waals surface area (Å²) in [5.74, 6) is 2.59. The van der Waals surface area contributed by atoms with Crippen LogP contribution in [0.25, 0.3) is 0 Å². The molecule has 0 spiro atoms. The molecule has 2 aliphatic rings. The standard InChI is InChI=1S/C15H24O/c1-10-6-5-7-11-12(15(2,3)4)8-9-13(16)14(10)11/h5-6,10-12,14H,7-9H2,1-4H3/t10-,11-,12+,14+/m1/s1. The molecular weight excluding hydrogens is 196 g/mol. The van der Waals surface area contributed by atoms with E-state index in [0.717, 1.165) is 19.3 Å². The van der Waals surface area contributed by atoms with Crippen molar-refractivity contribution in [2.45, 2.75) is 47.0 Å². The van der Waals surface area contributed by atoms with Crippen molar-refractivity contribution in [3.8, 4) is 0 Å². The number of hydrogen-bond donors (Lipinski definition) is 0. The Morgan fingerprint density at radius 3 is 2.62 bits per heavy atom. The van der Waals surface area contributed by atoms with Crippen molar-refractivity contribution in [1.29, 1.82) is 0 Å². The van der Waals surface area contributed by atoms with Crippen LogP contribution < -0.4 is 0 Å². The Labute approximate surface area is 99.3 Å². The number of hydrogen-bond acceptors (Lipinski definition) is 1. The molecule has 1 nitrogen and oxygen atoms in total. The molecular formula is C15H24O. The zero-order valence-electron chi connectivity index (χ0n) is 11.0. The van der Waals surface area contributed by atoms with E-state index in [9.17, 15) is 4.79 Å². The highest BCUT2D eigenvalue weighted by Crippen LogP contribution is 2.48. The summed E-state index contributed by atoms with van der Waals surface area (Å²) in [4.78, 5) is 12.1. The quantitative estimate of drug-likeness (QED) is 0.567. The zero-order chi connectivity index (χ0) is 11.9. The minimum absolute atomic E-state index is 0.308. The van der Waals surface area contributed by atoms with Gasteiger partial charge in [0.15, 0.2) is 0 Å². The Hall–Kier alpha value is -0.590. The summed E-state index contributed by atoms with van der Waals surface area (Å²) in [7, 11) is 0. The summed E-state index contributed by atoms with van der Waals surface area (Å²) in [6.45, 7) is 9.19.